The van der Waals surface area contributed by atoms with Crippen molar-refractivity contribution in [1.29, 1.82) is 0 Å². The van der Waals surface area contributed by atoms with Crippen LogP contribution in [-0.4, -0.2) is 5.11 Å². The Morgan fingerprint density at radius 3 is 2.62 bits per heavy atom. The van der Waals surface area contributed by atoms with Gasteiger partial charge in [-0.3, -0.25) is 0 Å². The van der Waals surface area contributed by atoms with Gasteiger partial charge in [0.25, 0.3) is 0 Å². The first kappa shape index (κ1) is 10.6. The summed E-state index contributed by atoms with van der Waals surface area (Å²) in [4.78, 5) is 0. The van der Waals surface area contributed by atoms with E-state index in [1.54, 1.807) is 6.07 Å². The molecule has 1 aromatic carbocycles. The molecule has 3 nitrogen and oxygen atoms in total. The molecule has 84 valence electrons. The maximum atomic E-state index is 9.54. The molecular formula is C13H15NO2. The molecule has 0 aliphatic heterocycles. The third-order valence-corrected chi connectivity index (χ3v) is 2.47. The lowest BCUT2D eigenvalue weighted by Gasteiger charge is -2.06. The van der Waals surface area contributed by atoms with Crippen molar-refractivity contribution in [2.75, 3.05) is 5.32 Å². The molecule has 3 heteroatoms. The van der Waals surface area contributed by atoms with Crippen LogP contribution in [0.3, 0.4) is 0 Å². The van der Waals surface area contributed by atoms with Gasteiger partial charge in [0.2, 0.25) is 0 Å². The van der Waals surface area contributed by atoms with Crippen LogP contribution in [-0.2, 0) is 6.54 Å². The van der Waals surface area contributed by atoms with Crippen LogP contribution in [0.25, 0.3) is 0 Å². The minimum atomic E-state index is 0.306. The van der Waals surface area contributed by atoms with Crippen molar-refractivity contribution in [1.82, 2.24) is 0 Å². The van der Waals surface area contributed by atoms with Gasteiger partial charge in [-0.15, -0.1) is 0 Å². The zero-order chi connectivity index (χ0) is 11.5. The van der Waals surface area contributed by atoms with Crippen LogP contribution in [0, 0.1) is 13.8 Å². The summed E-state index contributed by atoms with van der Waals surface area (Å²) in [6, 6.07) is 9.40. The Kier molecular flexibility index (Phi) is 2.86. The van der Waals surface area contributed by atoms with Crippen LogP contribution in [0.2, 0.25) is 0 Å². The zero-order valence-electron chi connectivity index (χ0n) is 9.45. The Morgan fingerprint density at radius 2 is 2.00 bits per heavy atom. The van der Waals surface area contributed by atoms with Crippen LogP contribution in [0.1, 0.15) is 17.1 Å². The fourth-order valence-corrected chi connectivity index (χ4v) is 1.49. The number of aryl methyl sites for hydroxylation is 2. The molecule has 0 atom stereocenters. The predicted molar refractivity (Wildman–Crippen MR) is 63.6 cm³/mol. The highest BCUT2D eigenvalue weighted by molar-refractivity contribution is 5.50. The van der Waals surface area contributed by atoms with Gasteiger partial charge in [-0.2, -0.15) is 0 Å². The Labute approximate surface area is 94.7 Å². The molecule has 16 heavy (non-hydrogen) atoms. The maximum Gasteiger partial charge on any atom is 0.123 e. The van der Waals surface area contributed by atoms with E-state index in [0.29, 0.717) is 12.3 Å². The van der Waals surface area contributed by atoms with Gasteiger partial charge in [0.15, 0.2) is 0 Å². The van der Waals surface area contributed by atoms with Crippen molar-refractivity contribution >= 4 is 5.69 Å². The molecule has 1 heterocycles. The van der Waals surface area contributed by atoms with E-state index in [1.165, 1.54) is 0 Å². The van der Waals surface area contributed by atoms with Crippen molar-refractivity contribution < 1.29 is 9.52 Å². The Bertz CT molecular complexity index is 488. The minimum Gasteiger partial charge on any atom is -0.508 e. The molecule has 0 unspecified atom stereocenters. The molecule has 0 saturated heterocycles. The van der Waals surface area contributed by atoms with Crippen LogP contribution >= 0.6 is 0 Å². The second kappa shape index (κ2) is 4.31. The second-order valence-corrected chi connectivity index (χ2v) is 3.87. The molecule has 0 fully saturated rings. The molecule has 0 radical (unpaired) electrons. The van der Waals surface area contributed by atoms with E-state index < -0.39 is 0 Å². The maximum absolute atomic E-state index is 9.54. The average molecular weight is 217 g/mol. The number of benzene rings is 1. The average Bonchev–Trinajstić information content (AvgIpc) is 2.66. The lowest BCUT2D eigenvalue weighted by Crippen LogP contribution is -1.97. The molecule has 2 rings (SSSR count). The fraction of sp³-hybridized carbons (Fsp3) is 0.231. The highest BCUT2D eigenvalue weighted by Crippen LogP contribution is 2.21. The second-order valence-electron chi connectivity index (χ2n) is 3.87. The van der Waals surface area contributed by atoms with E-state index in [9.17, 15) is 5.11 Å². The number of aromatic hydroxyl groups is 1. The Hall–Kier alpha value is -1.90. The van der Waals surface area contributed by atoms with E-state index in [4.69, 9.17) is 4.42 Å². The topological polar surface area (TPSA) is 45.4 Å². The summed E-state index contributed by atoms with van der Waals surface area (Å²) in [7, 11) is 0. The quantitative estimate of drug-likeness (QED) is 0.829. The number of anilines is 1. The summed E-state index contributed by atoms with van der Waals surface area (Å²) in [5.74, 6) is 2.10. The third kappa shape index (κ3) is 2.37. The van der Waals surface area contributed by atoms with Gasteiger partial charge in [0.1, 0.15) is 17.3 Å². The molecule has 0 saturated carbocycles. The molecule has 0 bridgehead atoms. The number of furan rings is 1. The van der Waals surface area contributed by atoms with Crippen molar-refractivity contribution in [3.63, 3.8) is 0 Å². The SMILES string of the molecule is Cc1ccc(CNc2ccc(C)c(O)c2)o1. The number of nitrogens with one attached hydrogen (secondary N) is 1. The fourth-order valence-electron chi connectivity index (χ4n) is 1.49. The largest absolute Gasteiger partial charge is 0.508 e. The van der Waals surface area contributed by atoms with Gasteiger partial charge in [0, 0.05) is 11.8 Å². The molecular weight excluding hydrogens is 202 g/mol. The molecule has 2 aromatic rings. The van der Waals surface area contributed by atoms with E-state index in [1.807, 2.05) is 38.1 Å². The lowest BCUT2D eigenvalue weighted by molar-refractivity contribution is 0.471. The summed E-state index contributed by atoms with van der Waals surface area (Å²) >= 11 is 0. The first-order valence-corrected chi connectivity index (χ1v) is 5.24. The molecule has 0 aliphatic rings. The molecule has 2 N–H and O–H groups in total. The van der Waals surface area contributed by atoms with E-state index in [0.717, 1.165) is 22.8 Å². The number of hydrogen-bond donors (Lipinski definition) is 2. The Morgan fingerprint density at radius 1 is 1.19 bits per heavy atom. The van der Waals surface area contributed by atoms with Crippen LogP contribution in [0.4, 0.5) is 5.69 Å². The van der Waals surface area contributed by atoms with Gasteiger partial charge in [-0.05, 0) is 37.6 Å². The normalized spacial score (nSPS) is 10.4. The number of rotatable bonds is 3. The third-order valence-electron chi connectivity index (χ3n) is 2.47. The van der Waals surface area contributed by atoms with Crippen LogP contribution in [0.5, 0.6) is 5.75 Å². The predicted octanol–water partition coefficient (Wildman–Crippen LogP) is 3.21. The molecule has 0 spiro atoms. The molecule has 0 amide bonds. The summed E-state index contributed by atoms with van der Waals surface area (Å²) < 4.78 is 5.43. The van der Waals surface area contributed by atoms with Crippen molar-refractivity contribution in [3.05, 3.63) is 47.4 Å². The van der Waals surface area contributed by atoms with E-state index in [2.05, 4.69) is 5.32 Å². The smallest absolute Gasteiger partial charge is 0.123 e. The monoisotopic (exact) mass is 217 g/mol. The summed E-state index contributed by atoms with van der Waals surface area (Å²) in [6.45, 7) is 4.41. The summed E-state index contributed by atoms with van der Waals surface area (Å²) in [5, 5.41) is 12.7. The Balaban J connectivity index is 2.02. The first-order chi connectivity index (χ1) is 7.65. The number of hydrogen-bond acceptors (Lipinski definition) is 3. The number of phenols is 1. The highest BCUT2D eigenvalue weighted by atomic mass is 16.3. The first-order valence-electron chi connectivity index (χ1n) is 5.24. The van der Waals surface area contributed by atoms with E-state index in [-0.39, 0.29) is 0 Å². The van der Waals surface area contributed by atoms with Crippen molar-refractivity contribution in [2.24, 2.45) is 0 Å². The number of phenolic OH excluding ortho intramolecular Hbond substituents is 1. The molecule has 0 aliphatic carbocycles. The lowest BCUT2D eigenvalue weighted by atomic mass is 10.2. The van der Waals surface area contributed by atoms with Gasteiger partial charge in [-0.1, -0.05) is 6.07 Å². The standard InChI is InChI=1S/C13H15NO2/c1-9-3-5-11(7-13(9)15)14-8-12-6-4-10(2)16-12/h3-7,14-15H,8H2,1-2H3. The summed E-state index contributed by atoms with van der Waals surface area (Å²) in [6.07, 6.45) is 0. The van der Waals surface area contributed by atoms with Crippen molar-refractivity contribution in [3.8, 4) is 5.75 Å². The van der Waals surface area contributed by atoms with Gasteiger partial charge in [0.05, 0.1) is 6.54 Å². The molecule has 1 aromatic heterocycles. The highest BCUT2D eigenvalue weighted by Gasteiger charge is 2.00. The van der Waals surface area contributed by atoms with Gasteiger partial charge >= 0.3 is 0 Å². The van der Waals surface area contributed by atoms with Gasteiger partial charge < -0.3 is 14.8 Å². The van der Waals surface area contributed by atoms with Crippen LogP contribution < -0.4 is 5.32 Å². The van der Waals surface area contributed by atoms with Crippen LogP contribution in [0.15, 0.2) is 34.7 Å². The van der Waals surface area contributed by atoms with Gasteiger partial charge in [-0.25, -0.2) is 0 Å². The zero-order valence-corrected chi connectivity index (χ0v) is 9.45. The minimum absolute atomic E-state index is 0.306. The summed E-state index contributed by atoms with van der Waals surface area (Å²) in [5.41, 5.74) is 1.76. The van der Waals surface area contributed by atoms with Crippen molar-refractivity contribution in [2.45, 2.75) is 20.4 Å². The van der Waals surface area contributed by atoms with E-state index >= 15 is 0 Å².